The van der Waals surface area contributed by atoms with Crippen LogP contribution in [0.1, 0.15) is 33.5 Å². The monoisotopic (exact) mass is 262 g/mol. The number of nitrogens with zero attached hydrogens (tertiary/aromatic N) is 2. The molecule has 0 aliphatic rings. The first-order valence-electron chi connectivity index (χ1n) is 6.78. The van der Waals surface area contributed by atoms with E-state index in [1.165, 1.54) is 0 Å². The van der Waals surface area contributed by atoms with Gasteiger partial charge in [0.15, 0.2) is 0 Å². The first-order chi connectivity index (χ1) is 9.01. The van der Waals surface area contributed by atoms with Crippen molar-refractivity contribution in [3.8, 4) is 5.75 Å². The van der Waals surface area contributed by atoms with Crippen LogP contribution in [0.3, 0.4) is 0 Å². The minimum absolute atomic E-state index is 0.0399. The second kappa shape index (κ2) is 5.61. The molecule has 0 bridgehead atoms. The summed E-state index contributed by atoms with van der Waals surface area (Å²) < 4.78 is 7.76. The molecule has 1 heterocycles. The lowest BCUT2D eigenvalue weighted by Gasteiger charge is -2.11. The second-order valence-electron chi connectivity index (χ2n) is 5.51. The van der Waals surface area contributed by atoms with Crippen molar-refractivity contribution in [2.24, 2.45) is 5.92 Å². The molecule has 0 aliphatic heterocycles. The Morgan fingerprint density at radius 2 is 2.00 bits per heavy atom. The zero-order valence-electron chi connectivity index (χ0n) is 12.1. The van der Waals surface area contributed by atoms with Crippen LogP contribution in [0.4, 0.5) is 0 Å². The zero-order chi connectivity index (χ0) is 14.0. The number of aromatic nitrogens is 2. The fourth-order valence-electron chi connectivity index (χ4n) is 2.19. The highest BCUT2D eigenvalue weighted by molar-refractivity contribution is 5.77. The molecule has 0 fully saturated rings. The number of aliphatic hydroxyl groups is 1. The molecule has 0 unspecified atom stereocenters. The van der Waals surface area contributed by atoms with Crippen LogP contribution in [-0.2, 0) is 13.2 Å². The SMILES string of the molecule is CC(C)Cn1c(CO)nc2cc(OC(C)C)ccc21. The van der Waals surface area contributed by atoms with Crippen LogP contribution in [0.2, 0.25) is 0 Å². The van der Waals surface area contributed by atoms with Gasteiger partial charge in [-0.2, -0.15) is 0 Å². The highest BCUT2D eigenvalue weighted by atomic mass is 16.5. The Labute approximate surface area is 114 Å². The Hall–Kier alpha value is -1.55. The molecule has 19 heavy (non-hydrogen) atoms. The third-order valence-electron chi connectivity index (χ3n) is 2.86. The van der Waals surface area contributed by atoms with Crippen LogP contribution in [0.5, 0.6) is 5.75 Å². The van der Waals surface area contributed by atoms with E-state index in [1.54, 1.807) is 0 Å². The van der Waals surface area contributed by atoms with E-state index in [2.05, 4.69) is 23.4 Å². The molecule has 0 radical (unpaired) electrons. The van der Waals surface area contributed by atoms with Crippen molar-refractivity contribution in [2.75, 3.05) is 0 Å². The van der Waals surface area contributed by atoms with E-state index in [-0.39, 0.29) is 12.7 Å². The van der Waals surface area contributed by atoms with Crippen molar-refractivity contribution < 1.29 is 9.84 Å². The summed E-state index contributed by atoms with van der Waals surface area (Å²) in [5.41, 5.74) is 1.93. The molecule has 0 spiro atoms. The number of hydrogen-bond acceptors (Lipinski definition) is 3. The van der Waals surface area contributed by atoms with E-state index < -0.39 is 0 Å². The predicted octanol–water partition coefficient (Wildman–Crippen LogP) is 2.97. The van der Waals surface area contributed by atoms with Crippen molar-refractivity contribution in [2.45, 2.75) is 47.0 Å². The van der Waals surface area contributed by atoms with E-state index in [0.717, 1.165) is 23.3 Å². The Morgan fingerprint density at radius 1 is 1.26 bits per heavy atom. The predicted molar refractivity (Wildman–Crippen MR) is 76.3 cm³/mol. The minimum Gasteiger partial charge on any atom is -0.491 e. The highest BCUT2D eigenvalue weighted by Gasteiger charge is 2.12. The van der Waals surface area contributed by atoms with E-state index in [1.807, 2.05) is 32.0 Å². The van der Waals surface area contributed by atoms with Crippen LogP contribution < -0.4 is 4.74 Å². The Bertz CT molecular complexity index is 559. The highest BCUT2D eigenvalue weighted by Crippen LogP contribution is 2.23. The molecule has 0 aliphatic carbocycles. The van der Waals surface area contributed by atoms with Gasteiger partial charge in [-0.25, -0.2) is 4.98 Å². The van der Waals surface area contributed by atoms with Gasteiger partial charge in [0.25, 0.3) is 0 Å². The standard InChI is InChI=1S/C15H22N2O2/c1-10(2)8-17-14-6-5-12(19-11(3)4)7-13(14)16-15(17)9-18/h5-7,10-11,18H,8-9H2,1-4H3. The Balaban J connectivity index is 2.44. The molecule has 104 valence electrons. The molecule has 1 aromatic carbocycles. The third-order valence-corrected chi connectivity index (χ3v) is 2.86. The second-order valence-corrected chi connectivity index (χ2v) is 5.51. The Morgan fingerprint density at radius 3 is 2.58 bits per heavy atom. The number of hydrogen-bond donors (Lipinski definition) is 1. The normalized spacial score (nSPS) is 11.7. The average Bonchev–Trinajstić information content (AvgIpc) is 2.65. The summed E-state index contributed by atoms with van der Waals surface area (Å²) in [5, 5.41) is 9.43. The molecular weight excluding hydrogens is 240 g/mol. The van der Waals surface area contributed by atoms with Gasteiger partial charge >= 0.3 is 0 Å². The van der Waals surface area contributed by atoms with Crippen LogP contribution in [0.15, 0.2) is 18.2 Å². The van der Waals surface area contributed by atoms with Gasteiger partial charge in [0.05, 0.1) is 17.1 Å². The van der Waals surface area contributed by atoms with E-state index in [4.69, 9.17) is 4.74 Å². The van der Waals surface area contributed by atoms with Gasteiger partial charge in [-0.3, -0.25) is 0 Å². The summed E-state index contributed by atoms with van der Waals surface area (Å²) in [7, 11) is 0. The number of aliphatic hydroxyl groups excluding tert-OH is 1. The Kier molecular flexibility index (Phi) is 4.10. The van der Waals surface area contributed by atoms with Crippen molar-refractivity contribution in [1.82, 2.24) is 9.55 Å². The van der Waals surface area contributed by atoms with Gasteiger partial charge in [-0.15, -0.1) is 0 Å². The molecule has 2 aromatic rings. The maximum atomic E-state index is 9.43. The average molecular weight is 262 g/mol. The molecule has 0 saturated heterocycles. The van der Waals surface area contributed by atoms with Gasteiger partial charge in [0, 0.05) is 12.6 Å². The largest absolute Gasteiger partial charge is 0.491 e. The van der Waals surface area contributed by atoms with E-state index in [0.29, 0.717) is 11.7 Å². The van der Waals surface area contributed by atoms with Gasteiger partial charge in [-0.1, -0.05) is 13.8 Å². The van der Waals surface area contributed by atoms with Crippen LogP contribution in [0.25, 0.3) is 11.0 Å². The van der Waals surface area contributed by atoms with Crippen molar-refractivity contribution in [3.05, 3.63) is 24.0 Å². The maximum Gasteiger partial charge on any atom is 0.135 e. The number of ether oxygens (including phenoxy) is 1. The number of imidazole rings is 1. The maximum absolute atomic E-state index is 9.43. The summed E-state index contributed by atoms with van der Waals surface area (Å²) in [4.78, 5) is 4.49. The number of fused-ring (bicyclic) bond motifs is 1. The molecule has 2 rings (SSSR count). The lowest BCUT2D eigenvalue weighted by atomic mass is 10.2. The molecule has 0 atom stereocenters. The summed E-state index contributed by atoms with van der Waals surface area (Å²) in [6.07, 6.45) is 0.146. The van der Waals surface area contributed by atoms with Crippen LogP contribution in [-0.4, -0.2) is 20.8 Å². The zero-order valence-corrected chi connectivity index (χ0v) is 12.1. The lowest BCUT2D eigenvalue weighted by Crippen LogP contribution is -2.08. The quantitative estimate of drug-likeness (QED) is 0.901. The number of rotatable bonds is 5. The lowest BCUT2D eigenvalue weighted by molar-refractivity contribution is 0.242. The molecule has 1 aromatic heterocycles. The molecule has 0 amide bonds. The fourth-order valence-corrected chi connectivity index (χ4v) is 2.19. The van der Waals surface area contributed by atoms with Crippen LogP contribution in [0, 0.1) is 5.92 Å². The molecule has 1 N–H and O–H groups in total. The molecule has 4 nitrogen and oxygen atoms in total. The fraction of sp³-hybridized carbons (Fsp3) is 0.533. The topological polar surface area (TPSA) is 47.3 Å². The summed E-state index contributed by atoms with van der Waals surface area (Å²) in [5.74, 6) is 2.04. The van der Waals surface area contributed by atoms with Crippen molar-refractivity contribution in [1.29, 1.82) is 0 Å². The first-order valence-corrected chi connectivity index (χ1v) is 6.78. The van der Waals surface area contributed by atoms with E-state index in [9.17, 15) is 5.11 Å². The van der Waals surface area contributed by atoms with Crippen LogP contribution >= 0.6 is 0 Å². The smallest absolute Gasteiger partial charge is 0.135 e. The summed E-state index contributed by atoms with van der Waals surface area (Å²) in [6.45, 7) is 9.13. The van der Waals surface area contributed by atoms with Gasteiger partial charge < -0.3 is 14.4 Å². The molecule has 0 saturated carbocycles. The minimum atomic E-state index is -0.0399. The first kappa shape index (κ1) is 13.9. The molecular formula is C15H22N2O2. The van der Waals surface area contributed by atoms with E-state index >= 15 is 0 Å². The molecule has 4 heteroatoms. The summed E-state index contributed by atoms with van der Waals surface area (Å²) >= 11 is 0. The van der Waals surface area contributed by atoms with Gasteiger partial charge in [-0.05, 0) is 31.9 Å². The number of benzene rings is 1. The van der Waals surface area contributed by atoms with Gasteiger partial charge in [0.1, 0.15) is 18.2 Å². The van der Waals surface area contributed by atoms with Crippen molar-refractivity contribution >= 4 is 11.0 Å². The van der Waals surface area contributed by atoms with Gasteiger partial charge in [0.2, 0.25) is 0 Å². The van der Waals surface area contributed by atoms with Crippen molar-refractivity contribution in [3.63, 3.8) is 0 Å². The third kappa shape index (κ3) is 3.07. The summed E-state index contributed by atoms with van der Waals surface area (Å²) in [6, 6.07) is 5.91.